The molecule has 0 aromatic heterocycles. The van der Waals surface area contributed by atoms with Gasteiger partial charge in [-0.3, -0.25) is 0 Å². The van der Waals surface area contributed by atoms with E-state index in [1.165, 1.54) is 11.1 Å². The van der Waals surface area contributed by atoms with Crippen molar-refractivity contribution in [1.82, 2.24) is 0 Å². The molecule has 1 unspecified atom stereocenters. The molecule has 0 heterocycles. The van der Waals surface area contributed by atoms with Gasteiger partial charge in [0.25, 0.3) is 0 Å². The Kier molecular flexibility index (Phi) is 5.61. The second-order valence-electron chi connectivity index (χ2n) is 5.92. The first-order valence-electron chi connectivity index (χ1n) is 7.79. The summed E-state index contributed by atoms with van der Waals surface area (Å²) in [4.78, 5) is 0. The van der Waals surface area contributed by atoms with Crippen LogP contribution in [0.25, 0.3) is 0 Å². The molecule has 0 aliphatic rings. The van der Waals surface area contributed by atoms with Crippen molar-refractivity contribution in [2.45, 2.75) is 39.0 Å². The average molecular weight is 293 g/mol. The van der Waals surface area contributed by atoms with Gasteiger partial charge in [-0.25, -0.2) is 0 Å². The van der Waals surface area contributed by atoms with Crippen LogP contribution in [0.15, 0.2) is 48.5 Å². The smallest absolute Gasteiger partial charge is 0.122 e. The molecule has 2 aromatic carbocycles. The Bertz CT molecular complexity index is 638. The molecule has 1 atom stereocenters. The van der Waals surface area contributed by atoms with Gasteiger partial charge in [-0.05, 0) is 30.0 Å². The largest absolute Gasteiger partial charge is 0.493 e. The van der Waals surface area contributed by atoms with E-state index in [9.17, 15) is 5.26 Å². The van der Waals surface area contributed by atoms with Crippen LogP contribution >= 0.6 is 0 Å². The van der Waals surface area contributed by atoms with E-state index in [1.54, 1.807) is 0 Å². The minimum absolute atomic E-state index is 0.119. The quantitative estimate of drug-likeness (QED) is 0.733. The average Bonchev–Trinajstić information content (AvgIpc) is 2.53. The van der Waals surface area contributed by atoms with E-state index < -0.39 is 0 Å². The van der Waals surface area contributed by atoms with Crippen LogP contribution in [0.4, 0.5) is 0 Å². The summed E-state index contributed by atoms with van der Waals surface area (Å²) in [5.74, 6) is 1.24. The lowest BCUT2D eigenvalue weighted by Gasteiger charge is -2.15. The van der Waals surface area contributed by atoms with Gasteiger partial charge in [0.2, 0.25) is 0 Å². The van der Waals surface area contributed by atoms with Crippen LogP contribution in [-0.4, -0.2) is 6.61 Å². The van der Waals surface area contributed by atoms with Gasteiger partial charge in [0.15, 0.2) is 0 Å². The third-order valence-electron chi connectivity index (χ3n) is 3.84. The molecular weight excluding hydrogens is 270 g/mol. The Morgan fingerprint density at radius 2 is 1.73 bits per heavy atom. The lowest BCUT2D eigenvalue weighted by Crippen LogP contribution is -2.06. The lowest BCUT2D eigenvalue weighted by molar-refractivity contribution is 0.302. The summed E-state index contributed by atoms with van der Waals surface area (Å²) in [6.45, 7) is 6.92. The Hall–Kier alpha value is -2.27. The second-order valence-corrected chi connectivity index (χ2v) is 5.92. The number of rotatable bonds is 6. The third-order valence-corrected chi connectivity index (χ3v) is 3.84. The maximum absolute atomic E-state index is 9.38. The minimum atomic E-state index is -0.119. The number of nitrogens with zero attached hydrogens (tertiary/aromatic N) is 1. The normalized spacial score (nSPS) is 12.0. The predicted molar refractivity (Wildman–Crippen MR) is 90.2 cm³/mol. The minimum Gasteiger partial charge on any atom is -0.493 e. The van der Waals surface area contributed by atoms with Gasteiger partial charge < -0.3 is 4.74 Å². The number of ether oxygens (including phenoxy) is 1. The molecule has 2 rings (SSSR count). The molecule has 114 valence electrons. The fourth-order valence-corrected chi connectivity index (χ4v) is 2.48. The summed E-state index contributed by atoms with van der Waals surface area (Å²) in [6.07, 6.45) is 0.700. The van der Waals surface area contributed by atoms with Gasteiger partial charge in [0.05, 0.1) is 18.6 Å². The van der Waals surface area contributed by atoms with Crippen molar-refractivity contribution in [3.63, 3.8) is 0 Å². The van der Waals surface area contributed by atoms with E-state index in [0.29, 0.717) is 18.9 Å². The standard InChI is InChI=1S/C20H23NO/c1-15(2)19-6-4-5-7-20(19)22-13-12-18(14-21)17-10-8-16(3)9-11-17/h4-11,15,18H,12-13H2,1-3H3. The van der Waals surface area contributed by atoms with Crippen molar-refractivity contribution >= 4 is 0 Å². The summed E-state index contributed by atoms with van der Waals surface area (Å²) in [6, 6.07) is 18.7. The topological polar surface area (TPSA) is 33.0 Å². The molecule has 0 amide bonds. The molecule has 2 aromatic rings. The Morgan fingerprint density at radius 3 is 2.36 bits per heavy atom. The van der Waals surface area contributed by atoms with Crippen molar-refractivity contribution in [1.29, 1.82) is 5.26 Å². The highest BCUT2D eigenvalue weighted by Gasteiger charge is 2.12. The molecule has 0 bridgehead atoms. The highest BCUT2D eigenvalue weighted by atomic mass is 16.5. The number of hydrogen-bond donors (Lipinski definition) is 0. The highest BCUT2D eigenvalue weighted by Crippen LogP contribution is 2.27. The zero-order valence-electron chi connectivity index (χ0n) is 13.5. The van der Waals surface area contributed by atoms with E-state index in [0.717, 1.165) is 11.3 Å². The van der Waals surface area contributed by atoms with E-state index in [-0.39, 0.29) is 5.92 Å². The van der Waals surface area contributed by atoms with E-state index in [1.807, 2.05) is 30.3 Å². The van der Waals surface area contributed by atoms with Crippen LogP contribution in [0.3, 0.4) is 0 Å². The molecular formula is C20H23NO. The molecule has 0 aliphatic carbocycles. The van der Waals surface area contributed by atoms with Crippen LogP contribution in [0.5, 0.6) is 5.75 Å². The van der Waals surface area contributed by atoms with Crippen molar-refractivity contribution in [2.75, 3.05) is 6.61 Å². The van der Waals surface area contributed by atoms with Crippen molar-refractivity contribution in [2.24, 2.45) is 0 Å². The summed E-state index contributed by atoms with van der Waals surface area (Å²) in [7, 11) is 0. The lowest BCUT2D eigenvalue weighted by atomic mass is 9.97. The molecule has 0 aliphatic heterocycles. The molecule has 0 fully saturated rings. The van der Waals surface area contributed by atoms with E-state index >= 15 is 0 Å². The molecule has 2 nitrogen and oxygen atoms in total. The maximum atomic E-state index is 9.38. The third kappa shape index (κ3) is 4.11. The van der Waals surface area contributed by atoms with Crippen LogP contribution in [0.2, 0.25) is 0 Å². The number of benzene rings is 2. The molecule has 22 heavy (non-hydrogen) atoms. The van der Waals surface area contributed by atoms with Crippen LogP contribution in [-0.2, 0) is 0 Å². The van der Waals surface area contributed by atoms with E-state index in [4.69, 9.17) is 4.74 Å². The number of para-hydroxylation sites is 1. The first-order chi connectivity index (χ1) is 10.6. The molecule has 0 spiro atoms. The van der Waals surface area contributed by atoms with E-state index in [2.05, 4.69) is 45.0 Å². The molecule has 0 saturated heterocycles. The van der Waals surface area contributed by atoms with Gasteiger partial charge in [-0.1, -0.05) is 61.9 Å². The van der Waals surface area contributed by atoms with Gasteiger partial charge in [0, 0.05) is 6.42 Å². The number of nitriles is 1. The Labute approximate surface area is 133 Å². The Balaban J connectivity index is 1.98. The van der Waals surface area contributed by atoms with Gasteiger partial charge >= 0.3 is 0 Å². The summed E-state index contributed by atoms with van der Waals surface area (Å²) in [5.41, 5.74) is 3.49. The van der Waals surface area contributed by atoms with Gasteiger partial charge in [0.1, 0.15) is 5.75 Å². The summed E-state index contributed by atoms with van der Waals surface area (Å²) in [5, 5.41) is 9.38. The molecule has 0 radical (unpaired) electrons. The van der Waals surface area contributed by atoms with Crippen molar-refractivity contribution < 1.29 is 4.74 Å². The Morgan fingerprint density at radius 1 is 1.05 bits per heavy atom. The molecule has 0 saturated carbocycles. The highest BCUT2D eigenvalue weighted by molar-refractivity contribution is 5.35. The predicted octanol–water partition coefficient (Wildman–Crippen LogP) is 5.19. The zero-order chi connectivity index (χ0) is 15.9. The maximum Gasteiger partial charge on any atom is 0.122 e. The van der Waals surface area contributed by atoms with Crippen molar-refractivity contribution in [3.05, 3.63) is 65.2 Å². The SMILES string of the molecule is Cc1ccc(C(C#N)CCOc2ccccc2C(C)C)cc1. The summed E-state index contributed by atoms with van der Waals surface area (Å²) >= 11 is 0. The van der Waals surface area contributed by atoms with Gasteiger partial charge in [-0.2, -0.15) is 5.26 Å². The first-order valence-corrected chi connectivity index (χ1v) is 7.79. The summed E-state index contributed by atoms with van der Waals surface area (Å²) < 4.78 is 5.92. The van der Waals surface area contributed by atoms with Gasteiger partial charge in [-0.15, -0.1) is 0 Å². The monoisotopic (exact) mass is 293 g/mol. The fraction of sp³-hybridized carbons (Fsp3) is 0.350. The van der Waals surface area contributed by atoms with Crippen LogP contribution in [0.1, 0.15) is 48.8 Å². The second kappa shape index (κ2) is 7.66. The number of hydrogen-bond acceptors (Lipinski definition) is 2. The fourth-order valence-electron chi connectivity index (χ4n) is 2.48. The van der Waals surface area contributed by atoms with Crippen LogP contribution < -0.4 is 4.74 Å². The zero-order valence-corrected chi connectivity index (χ0v) is 13.5. The van der Waals surface area contributed by atoms with Crippen molar-refractivity contribution in [3.8, 4) is 11.8 Å². The molecule has 0 N–H and O–H groups in total. The first kappa shape index (κ1) is 16.1. The molecule has 2 heteroatoms. The van der Waals surface area contributed by atoms with Crippen LogP contribution in [0, 0.1) is 18.3 Å². The number of aryl methyl sites for hydroxylation is 1.